The third kappa shape index (κ3) is 5.04. The van der Waals surface area contributed by atoms with Crippen LogP contribution in [0.15, 0.2) is 30.3 Å². The number of carbonyl (C=O) groups is 2. The first kappa shape index (κ1) is 18.4. The summed E-state index contributed by atoms with van der Waals surface area (Å²) < 4.78 is 24.6. The number of rotatable bonds is 6. The van der Waals surface area contributed by atoms with Gasteiger partial charge in [0, 0.05) is 13.1 Å². The maximum atomic E-state index is 12.5. The molecule has 0 spiro atoms. The molecular formula is C16H22N2O5S. The van der Waals surface area contributed by atoms with E-state index in [2.05, 4.69) is 5.32 Å². The smallest absolute Gasteiger partial charge is 0.305 e. The number of amides is 1. The van der Waals surface area contributed by atoms with Gasteiger partial charge in [-0.05, 0) is 18.4 Å². The van der Waals surface area contributed by atoms with Crippen molar-refractivity contribution in [2.45, 2.75) is 25.3 Å². The minimum atomic E-state index is -3.33. The van der Waals surface area contributed by atoms with E-state index in [0.29, 0.717) is 24.9 Å². The molecule has 7 nitrogen and oxygen atoms in total. The third-order valence-corrected chi connectivity index (χ3v) is 5.39. The summed E-state index contributed by atoms with van der Waals surface area (Å²) in [5.41, 5.74) is 0.712. The molecule has 1 heterocycles. The summed E-state index contributed by atoms with van der Waals surface area (Å²) in [4.78, 5) is 23.6. The summed E-state index contributed by atoms with van der Waals surface area (Å²) in [6, 6.07) is 8.26. The lowest BCUT2D eigenvalue weighted by Gasteiger charge is -2.31. The summed E-state index contributed by atoms with van der Waals surface area (Å²) >= 11 is 0. The molecule has 8 heteroatoms. The van der Waals surface area contributed by atoms with Crippen molar-refractivity contribution in [1.29, 1.82) is 0 Å². The van der Waals surface area contributed by atoms with Crippen LogP contribution in [-0.2, 0) is 19.6 Å². The average Bonchev–Trinajstić information content (AvgIpc) is 2.54. The van der Waals surface area contributed by atoms with E-state index in [4.69, 9.17) is 5.11 Å². The summed E-state index contributed by atoms with van der Waals surface area (Å²) in [6.07, 6.45) is 2.11. The summed E-state index contributed by atoms with van der Waals surface area (Å²) in [5, 5.41) is 11.8. The summed E-state index contributed by atoms with van der Waals surface area (Å²) in [7, 11) is -3.33. The van der Waals surface area contributed by atoms with Crippen LogP contribution in [0.1, 0.15) is 30.9 Å². The Kier molecular flexibility index (Phi) is 5.95. The Morgan fingerprint density at radius 2 is 2.00 bits per heavy atom. The number of sulfonamides is 1. The fraction of sp³-hybridized carbons (Fsp3) is 0.500. The molecule has 0 aliphatic carbocycles. The van der Waals surface area contributed by atoms with Crippen molar-refractivity contribution in [2.24, 2.45) is 5.92 Å². The second-order valence-electron chi connectivity index (χ2n) is 6.03. The standard InChI is InChI=1S/C16H22N2O5S/c1-24(22,23)18-9-5-8-13(11-18)16(21)17-14(10-15(19)20)12-6-3-2-4-7-12/h2-4,6-7,13-14H,5,8-11H2,1H3,(H,17,21)(H,19,20)/t13-,14-/m0/s1. The fourth-order valence-corrected chi connectivity index (χ4v) is 3.77. The van der Waals surface area contributed by atoms with Crippen molar-refractivity contribution < 1.29 is 23.1 Å². The van der Waals surface area contributed by atoms with Gasteiger partial charge in [-0.2, -0.15) is 0 Å². The first-order valence-electron chi connectivity index (χ1n) is 7.79. The highest BCUT2D eigenvalue weighted by Crippen LogP contribution is 2.22. The highest BCUT2D eigenvalue weighted by Gasteiger charge is 2.31. The van der Waals surface area contributed by atoms with Crippen molar-refractivity contribution >= 4 is 21.9 Å². The Bertz CT molecular complexity index is 690. The molecule has 0 bridgehead atoms. The van der Waals surface area contributed by atoms with Gasteiger partial charge in [0.05, 0.1) is 24.6 Å². The normalized spacial score (nSPS) is 20.3. The van der Waals surface area contributed by atoms with Gasteiger partial charge in [-0.15, -0.1) is 0 Å². The number of carbonyl (C=O) groups excluding carboxylic acids is 1. The van der Waals surface area contributed by atoms with E-state index >= 15 is 0 Å². The van der Waals surface area contributed by atoms with Gasteiger partial charge in [0.1, 0.15) is 0 Å². The van der Waals surface area contributed by atoms with E-state index in [1.807, 2.05) is 6.07 Å². The minimum absolute atomic E-state index is 0.138. The van der Waals surface area contributed by atoms with Crippen LogP contribution in [0, 0.1) is 5.92 Å². The van der Waals surface area contributed by atoms with Crippen LogP contribution in [0.25, 0.3) is 0 Å². The average molecular weight is 354 g/mol. The zero-order chi connectivity index (χ0) is 17.7. The monoisotopic (exact) mass is 354 g/mol. The van der Waals surface area contributed by atoms with E-state index in [1.165, 1.54) is 4.31 Å². The SMILES string of the molecule is CS(=O)(=O)N1CCC[C@H](C(=O)N[C@@H](CC(=O)O)c2ccccc2)C1. The molecule has 0 aromatic heterocycles. The van der Waals surface area contributed by atoms with E-state index in [9.17, 15) is 18.0 Å². The van der Waals surface area contributed by atoms with Crippen LogP contribution in [0.3, 0.4) is 0 Å². The summed E-state index contributed by atoms with van der Waals surface area (Å²) in [5.74, 6) is -1.78. The Morgan fingerprint density at radius 3 is 2.58 bits per heavy atom. The number of hydrogen-bond donors (Lipinski definition) is 2. The maximum absolute atomic E-state index is 12.5. The second kappa shape index (κ2) is 7.76. The van der Waals surface area contributed by atoms with Gasteiger partial charge in [-0.1, -0.05) is 30.3 Å². The van der Waals surface area contributed by atoms with Crippen molar-refractivity contribution in [1.82, 2.24) is 9.62 Å². The second-order valence-corrected chi connectivity index (χ2v) is 8.01. The van der Waals surface area contributed by atoms with Crippen molar-refractivity contribution in [3.8, 4) is 0 Å². The number of piperidine rings is 1. The van der Waals surface area contributed by atoms with Crippen molar-refractivity contribution in [2.75, 3.05) is 19.3 Å². The van der Waals surface area contributed by atoms with Crippen molar-refractivity contribution in [3.05, 3.63) is 35.9 Å². The highest BCUT2D eigenvalue weighted by atomic mass is 32.2. The molecule has 24 heavy (non-hydrogen) atoms. The number of aliphatic carboxylic acids is 1. The van der Waals surface area contributed by atoms with Crippen LogP contribution >= 0.6 is 0 Å². The van der Waals surface area contributed by atoms with Crippen LogP contribution < -0.4 is 5.32 Å². The first-order chi connectivity index (χ1) is 11.3. The highest BCUT2D eigenvalue weighted by molar-refractivity contribution is 7.88. The molecule has 1 aliphatic heterocycles. The molecular weight excluding hydrogens is 332 g/mol. The molecule has 1 aromatic rings. The van der Waals surface area contributed by atoms with Gasteiger partial charge in [-0.3, -0.25) is 9.59 Å². The first-order valence-corrected chi connectivity index (χ1v) is 9.64. The van der Waals surface area contributed by atoms with E-state index < -0.39 is 28.0 Å². The largest absolute Gasteiger partial charge is 0.481 e. The lowest BCUT2D eigenvalue weighted by Crippen LogP contribution is -2.45. The third-order valence-electron chi connectivity index (χ3n) is 4.12. The predicted octanol–water partition coefficient (Wildman–Crippen LogP) is 0.990. The number of carboxylic acid groups (broad SMARTS) is 1. The predicted molar refractivity (Wildman–Crippen MR) is 88.7 cm³/mol. The zero-order valence-corrected chi connectivity index (χ0v) is 14.3. The number of carboxylic acids is 1. The van der Waals surface area contributed by atoms with Gasteiger partial charge >= 0.3 is 5.97 Å². The number of nitrogens with one attached hydrogen (secondary N) is 1. The molecule has 1 fully saturated rings. The van der Waals surface area contributed by atoms with E-state index in [0.717, 1.165) is 6.26 Å². The van der Waals surface area contributed by atoms with Crippen LogP contribution in [0.5, 0.6) is 0 Å². The lowest BCUT2D eigenvalue weighted by molar-refractivity contribution is -0.138. The summed E-state index contributed by atoms with van der Waals surface area (Å²) in [6.45, 7) is 0.555. The Labute approximate surface area is 141 Å². The van der Waals surface area contributed by atoms with E-state index in [1.54, 1.807) is 24.3 Å². The molecule has 0 radical (unpaired) electrons. The van der Waals surface area contributed by atoms with Gasteiger partial charge in [-0.25, -0.2) is 12.7 Å². The van der Waals surface area contributed by atoms with E-state index in [-0.39, 0.29) is 18.9 Å². The van der Waals surface area contributed by atoms with Crippen LogP contribution in [0.2, 0.25) is 0 Å². The number of benzene rings is 1. The molecule has 0 unspecified atom stereocenters. The topological polar surface area (TPSA) is 104 Å². The zero-order valence-electron chi connectivity index (χ0n) is 13.5. The number of nitrogens with zero attached hydrogens (tertiary/aromatic N) is 1. The van der Waals surface area contributed by atoms with Crippen molar-refractivity contribution in [3.63, 3.8) is 0 Å². The minimum Gasteiger partial charge on any atom is -0.481 e. The molecule has 1 amide bonds. The Hall–Kier alpha value is -1.93. The Balaban J connectivity index is 2.08. The molecule has 1 aromatic carbocycles. The molecule has 2 atom stereocenters. The van der Waals surface area contributed by atoms with Crippen LogP contribution in [-0.4, -0.2) is 49.1 Å². The lowest BCUT2D eigenvalue weighted by atomic mass is 9.97. The van der Waals surface area contributed by atoms with Crippen LogP contribution in [0.4, 0.5) is 0 Å². The van der Waals surface area contributed by atoms with Gasteiger partial charge in [0.15, 0.2) is 0 Å². The molecule has 2 N–H and O–H groups in total. The quantitative estimate of drug-likeness (QED) is 0.793. The molecule has 2 rings (SSSR count). The number of hydrogen-bond acceptors (Lipinski definition) is 4. The molecule has 0 saturated carbocycles. The molecule has 132 valence electrons. The van der Waals surface area contributed by atoms with Gasteiger partial charge in [0.25, 0.3) is 0 Å². The molecule has 1 aliphatic rings. The molecule has 1 saturated heterocycles. The maximum Gasteiger partial charge on any atom is 0.305 e. The van der Waals surface area contributed by atoms with Gasteiger partial charge < -0.3 is 10.4 Å². The fourth-order valence-electron chi connectivity index (χ4n) is 2.86. The Morgan fingerprint density at radius 1 is 1.33 bits per heavy atom. The van der Waals surface area contributed by atoms with Gasteiger partial charge in [0.2, 0.25) is 15.9 Å².